The highest BCUT2D eigenvalue weighted by Crippen LogP contribution is 2.48. The van der Waals surface area contributed by atoms with E-state index in [1.165, 1.54) is 11.6 Å². The first-order valence-corrected chi connectivity index (χ1v) is 7.97. The van der Waals surface area contributed by atoms with Crippen LogP contribution in [-0.2, 0) is 5.16 Å². The minimum Gasteiger partial charge on any atom is -0.508 e. The fraction of sp³-hybridized carbons (Fsp3) is 0.294. The van der Waals surface area contributed by atoms with Crippen molar-refractivity contribution in [1.29, 1.82) is 0 Å². The van der Waals surface area contributed by atoms with Gasteiger partial charge in [0.1, 0.15) is 11.5 Å². The molecule has 0 amide bonds. The third-order valence-corrected chi connectivity index (χ3v) is 6.03. The van der Waals surface area contributed by atoms with Gasteiger partial charge in [-0.2, -0.15) is 0 Å². The minimum absolute atomic E-state index is 0.0204. The first-order chi connectivity index (χ1) is 9.61. The Morgan fingerprint density at radius 2 is 1.60 bits per heavy atom. The summed E-state index contributed by atoms with van der Waals surface area (Å²) in [6.07, 6.45) is 2.00. The molecule has 0 bridgehead atoms. The van der Waals surface area contributed by atoms with Crippen LogP contribution in [0.25, 0.3) is 0 Å². The van der Waals surface area contributed by atoms with Crippen LogP contribution in [0.5, 0.6) is 11.5 Å². The van der Waals surface area contributed by atoms with Crippen molar-refractivity contribution in [1.82, 2.24) is 0 Å². The summed E-state index contributed by atoms with van der Waals surface area (Å²) in [6, 6.07) is 15.2. The first kappa shape index (κ1) is 14.9. The van der Waals surface area contributed by atoms with E-state index in [-0.39, 0.29) is 16.7 Å². The Hall–Kier alpha value is -1.53. The number of aromatic hydroxyl groups is 2. The number of benzene rings is 2. The summed E-state index contributed by atoms with van der Waals surface area (Å²) in [7, 11) is 0.429. The van der Waals surface area contributed by atoms with Gasteiger partial charge in [-0.1, -0.05) is 52.8 Å². The molecular formula is C17H21O2P. The fourth-order valence-corrected chi connectivity index (χ4v) is 4.16. The average molecular weight is 288 g/mol. The van der Waals surface area contributed by atoms with Gasteiger partial charge < -0.3 is 10.2 Å². The van der Waals surface area contributed by atoms with Crippen molar-refractivity contribution in [3.05, 3.63) is 54.1 Å². The molecule has 20 heavy (non-hydrogen) atoms. The van der Waals surface area contributed by atoms with Gasteiger partial charge in [0.05, 0.1) is 0 Å². The summed E-state index contributed by atoms with van der Waals surface area (Å²) in [4.78, 5) is 0. The molecule has 0 aliphatic rings. The molecule has 0 saturated heterocycles. The average Bonchev–Trinajstić information content (AvgIpc) is 2.49. The topological polar surface area (TPSA) is 40.5 Å². The molecule has 0 spiro atoms. The fourth-order valence-electron chi connectivity index (χ4n) is 2.55. The SMILES string of the molecule is CCC(CC)(Pc1cc(O)ccc1O)c1ccccc1. The van der Waals surface area contributed by atoms with E-state index >= 15 is 0 Å². The van der Waals surface area contributed by atoms with Crippen molar-refractivity contribution in [2.24, 2.45) is 0 Å². The third kappa shape index (κ3) is 2.96. The minimum atomic E-state index is 0.0204. The van der Waals surface area contributed by atoms with E-state index in [4.69, 9.17) is 0 Å². The van der Waals surface area contributed by atoms with Crippen molar-refractivity contribution in [2.45, 2.75) is 31.8 Å². The van der Waals surface area contributed by atoms with Gasteiger partial charge in [0, 0.05) is 10.5 Å². The molecule has 0 heterocycles. The van der Waals surface area contributed by atoms with E-state index in [0.29, 0.717) is 8.58 Å². The maximum Gasteiger partial charge on any atom is 0.123 e. The summed E-state index contributed by atoms with van der Waals surface area (Å²) in [5.41, 5.74) is 1.30. The monoisotopic (exact) mass is 288 g/mol. The first-order valence-electron chi connectivity index (χ1n) is 6.97. The Morgan fingerprint density at radius 3 is 2.20 bits per heavy atom. The molecule has 3 heteroatoms. The van der Waals surface area contributed by atoms with Gasteiger partial charge >= 0.3 is 0 Å². The lowest BCUT2D eigenvalue weighted by atomic mass is 9.93. The van der Waals surface area contributed by atoms with Crippen LogP contribution >= 0.6 is 8.58 Å². The van der Waals surface area contributed by atoms with Crippen LogP contribution in [-0.4, -0.2) is 10.2 Å². The molecule has 0 saturated carbocycles. The van der Waals surface area contributed by atoms with Crippen LogP contribution in [0.4, 0.5) is 0 Å². The van der Waals surface area contributed by atoms with Crippen molar-refractivity contribution >= 4 is 13.9 Å². The van der Waals surface area contributed by atoms with Gasteiger partial charge in [0.25, 0.3) is 0 Å². The van der Waals surface area contributed by atoms with Crippen LogP contribution < -0.4 is 5.30 Å². The lowest BCUT2D eigenvalue weighted by Gasteiger charge is -2.33. The molecule has 0 radical (unpaired) electrons. The van der Waals surface area contributed by atoms with Gasteiger partial charge in [0.2, 0.25) is 0 Å². The van der Waals surface area contributed by atoms with Gasteiger partial charge in [-0.25, -0.2) is 0 Å². The zero-order valence-electron chi connectivity index (χ0n) is 11.9. The Balaban J connectivity index is 2.42. The number of hydrogen-bond acceptors (Lipinski definition) is 2. The molecule has 2 N–H and O–H groups in total. The largest absolute Gasteiger partial charge is 0.508 e. The van der Waals surface area contributed by atoms with Crippen molar-refractivity contribution in [2.75, 3.05) is 0 Å². The predicted molar refractivity (Wildman–Crippen MR) is 86.4 cm³/mol. The quantitative estimate of drug-likeness (QED) is 0.642. The molecule has 106 valence electrons. The summed E-state index contributed by atoms with van der Waals surface area (Å²) in [6.45, 7) is 4.37. The Labute approximate surface area is 122 Å². The molecule has 1 unspecified atom stereocenters. The molecule has 2 aromatic carbocycles. The van der Waals surface area contributed by atoms with E-state index in [0.717, 1.165) is 18.1 Å². The highest BCUT2D eigenvalue weighted by Gasteiger charge is 2.29. The number of hydrogen-bond donors (Lipinski definition) is 2. The van der Waals surface area contributed by atoms with Crippen LogP contribution in [0.2, 0.25) is 0 Å². The lowest BCUT2D eigenvalue weighted by molar-refractivity contribution is 0.463. The summed E-state index contributed by atoms with van der Waals surface area (Å²) in [5.74, 6) is 0.475. The molecule has 0 fully saturated rings. The van der Waals surface area contributed by atoms with Gasteiger partial charge in [-0.15, -0.1) is 0 Å². The van der Waals surface area contributed by atoms with Crippen molar-refractivity contribution in [3.63, 3.8) is 0 Å². The second kappa shape index (κ2) is 6.28. The Morgan fingerprint density at radius 1 is 0.950 bits per heavy atom. The van der Waals surface area contributed by atoms with Crippen LogP contribution in [0, 0.1) is 0 Å². The van der Waals surface area contributed by atoms with Gasteiger partial charge in [-0.3, -0.25) is 0 Å². The second-order valence-electron chi connectivity index (χ2n) is 4.98. The second-order valence-corrected chi connectivity index (χ2v) is 6.73. The van der Waals surface area contributed by atoms with Crippen LogP contribution in [0.15, 0.2) is 48.5 Å². The van der Waals surface area contributed by atoms with E-state index in [1.807, 2.05) is 6.07 Å². The normalized spacial score (nSPS) is 12.1. The van der Waals surface area contributed by atoms with Gasteiger partial charge in [-0.05, 0) is 36.6 Å². The molecule has 2 aromatic rings. The maximum absolute atomic E-state index is 10.0. The van der Waals surface area contributed by atoms with E-state index in [1.54, 1.807) is 12.1 Å². The summed E-state index contributed by atoms with van der Waals surface area (Å²) >= 11 is 0. The highest BCUT2D eigenvalue weighted by molar-refractivity contribution is 7.48. The summed E-state index contributed by atoms with van der Waals surface area (Å²) in [5, 5.41) is 20.5. The summed E-state index contributed by atoms with van der Waals surface area (Å²) < 4.78 is 0. The molecule has 2 nitrogen and oxygen atoms in total. The van der Waals surface area contributed by atoms with Crippen molar-refractivity contribution in [3.8, 4) is 11.5 Å². The third-order valence-electron chi connectivity index (χ3n) is 3.89. The number of rotatable bonds is 5. The zero-order valence-corrected chi connectivity index (χ0v) is 12.9. The predicted octanol–water partition coefficient (Wildman–Crippen LogP) is 4.12. The number of phenols is 2. The van der Waals surface area contributed by atoms with E-state index < -0.39 is 0 Å². The Bertz CT molecular complexity index is 562. The molecule has 0 aliphatic heterocycles. The Kier molecular flexibility index (Phi) is 4.67. The smallest absolute Gasteiger partial charge is 0.123 e. The van der Waals surface area contributed by atoms with Crippen LogP contribution in [0.3, 0.4) is 0 Å². The van der Waals surface area contributed by atoms with Gasteiger partial charge in [0.15, 0.2) is 0 Å². The van der Waals surface area contributed by atoms with E-state index in [9.17, 15) is 10.2 Å². The molecular weight excluding hydrogens is 267 g/mol. The molecule has 1 atom stereocenters. The molecule has 2 rings (SSSR count). The van der Waals surface area contributed by atoms with E-state index in [2.05, 4.69) is 38.1 Å². The standard InChI is InChI=1S/C17H21O2P/c1-3-17(4-2,13-8-6-5-7-9-13)20-16-12-14(18)10-11-15(16)19/h5-12,18-20H,3-4H2,1-2H3. The zero-order chi connectivity index (χ0) is 14.6. The molecule has 0 aromatic heterocycles. The van der Waals surface area contributed by atoms with Crippen LogP contribution in [0.1, 0.15) is 32.3 Å². The lowest BCUT2D eigenvalue weighted by Crippen LogP contribution is -2.21. The highest BCUT2D eigenvalue weighted by atomic mass is 31.1. The molecule has 0 aliphatic carbocycles. The van der Waals surface area contributed by atoms with Crippen molar-refractivity contribution < 1.29 is 10.2 Å². The maximum atomic E-state index is 10.0. The number of phenolic OH excluding ortho intramolecular Hbond substituents is 2.